The second-order valence-corrected chi connectivity index (χ2v) is 12.4. The molecule has 0 radical (unpaired) electrons. The number of aromatic nitrogens is 1. The molecule has 3 aliphatic rings. The van der Waals surface area contributed by atoms with E-state index in [4.69, 9.17) is 6.42 Å². The number of hydrogen-bond donors (Lipinski definition) is 0. The molecule has 0 saturated carbocycles. The number of terminal acetylenes is 1. The lowest BCUT2D eigenvalue weighted by atomic mass is 9.84. The largest absolute Gasteiger partial charge is 0.338 e. The van der Waals surface area contributed by atoms with Crippen LogP contribution in [0.2, 0.25) is 0 Å². The van der Waals surface area contributed by atoms with Crippen molar-refractivity contribution in [2.45, 2.75) is 38.1 Å². The molecule has 218 valence electrons. The van der Waals surface area contributed by atoms with Crippen molar-refractivity contribution in [3.8, 4) is 12.3 Å². The van der Waals surface area contributed by atoms with Gasteiger partial charge in [0.15, 0.2) is 0 Å². The number of rotatable bonds is 5. The van der Waals surface area contributed by atoms with Gasteiger partial charge in [-0.05, 0) is 90.9 Å². The lowest BCUT2D eigenvalue weighted by Gasteiger charge is -2.27. The molecule has 0 bridgehead atoms. The van der Waals surface area contributed by atoms with Gasteiger partial charge in [0, 0.05) is 45.7 Å². The van der Waals surface area contributed by atoms with Crippen LogP contribution in [0, 0.1) is 18.3 Å². The molecule has 4 aromatic carbocycles. The second-order valence-electron chi connectivity index (χ2n) is 12.4. The molecule has 5 aromatic rings. The van der Waals surface area contributed by atoms with E-state index in [2.05, 4.69) is 156 Å². The fourth-order valence-electron chi connectivity index (χ4n) is 7.73. The van der Waals surface area contributed by atoms with E-state index in [1.807, 2.05) is 6.08 Å². The van der Waals surface area contributed by atoms with Crippen LogP contribution in [0.1, 0.15) is 43.2 Å². The van der Waals surface area contributed by atoms with Crippen LogP contribution in [0.15, 0.2) is 151 Å². The van der Waals surface area contributed by atoms with Gasteiger partial charge in [0.1, 0.15) is 0 Å². The van der Waals surface area contributed by atoms with Crippen molar-refractivity contribution >= 4 is 38.8 Å². The Morgan fingerprint density at radius 3 is 2.40 bits per heavy atom. The Hall–Kier alpha value is -5.26. The fourth-order valence-corrected chi connectivity index (χ4v) is 7.73. The Kier molecular flexibility index (Phi) is 6.88. The molecule has 8 rings (SSSR count). The number of para-hydroxylation sites is 2. The minimum atomic E-state index is 0.242. The minimum absolute atomic E-state index is 0.242. The fraction of sp³-hybridized carbons (Fsp3) is 0.163. The summed E-state index contributed by atoms with van der Waals surface area (Å²) in [6, 6.07) is 37.8. The summed E-state index contributed by atoms with van der Waals surface area (Å²) in [5, 5.41) is 2.63. The third kappa shape index (κ3) is 4.68. The summed E-state index contributed by atoms with van der Waals surface area (Å²) in [5.41, 5.74) is 11.8. The van der Waals surface area contributed by atoms with E-state index >= 15 is 0 Å². The molecule has 2 heterocycles. The molecular formula is C43H36N2. The monoisotopic (exact) mass is 580 g/mol. The van der Waals surface area contributed by atoms with E-state index in [1.54, 1.807) is 0 Å². The third-order valence-corrected chi connectivity index (χ3v) is 9.83. The van der Waals surface area contributed by atoms with Crippen LogP contribution >= 0.6 is 0 Å². The predicted octanol–water partition coefficient (Wildman–Crippen LogP) is 10.5. The van der Waals surface area contributed by atoms with Crippen LogP contribution in [0.25, 0.3) is 33.1 Å². The third-order valence-electron chi connectivity index (χ3n) is 9.83. The summed E-state index contributed by atoms with van der Waals surface area (Å²) in [6.45, 7) is 2.31. The summed E-state index contributed by atoms with van der Waals surface area (Å²) >= 11 is 0. The van der Waals surface area contributed by atoms with Gasteiger partial charge in [0.25, 0.3) is 0 Å². The van der Waals surface area contributed by atoms with Crippen molar-refractivity contribution in [3.63, 3.8) is 0 Å². The van der Waals surface area contributed by atoms with Crippen molar-refractivity contribution in [1.82, 2.24) is 4.57 Å². The van der Waals surface area contributed by atoms with E-state index in [9.17, 15) is 0 Å². The molecule has 0 N–H and O–H groups in total. The first-order valence-electron chi connectivity index (χ1n) is 16.1. The average Bonchev–Trinajstić information content (AvgIpc) is 3.58. The normalized spacial score (nSPS) is 21.3. The Morgan fingerprint density at radius 2 is 1.58 bits per heavy atom. The van der Waals surface area contributed by atoms with Gasteiger partial charge >= 0.3 is 0 Å². The van der Waals surface area contributed by atoms with E-state index in [0.717, 1.165) is 19.3 Å². The molecular weight excluding hydrogens is 544 g/mol. The summed E-state index contributed by atoms with van der Waals surface area (Å²) in [5.74, 6) is 3.28. The maximum atomic E-state index is 5.68. The Balaban J connectivity index is 1.20. The topological polar surface area (TPSA) is 8.17 Å². The number of anilines is 1. The Bertz CT molecular complexity index is 2110. The molecule has 2 heteroatoms. The summed E-state index contributed by atoms with van der Waals surface area (Å²) < 4.78 is 2.50. The van der Waals surface area contributed by atoms with Gasteiger partial charge in [0.2, 0.25) is 0 Å². The first kappa shape index (κ1) is 27.3. The molecule has 2 nitrogen and oxygen atoms in total. The van der Waals surface area contributed by atoms with Gasteiger partial charge in [0.05, 0.1) is 11.0 Å². The number of hydrogen-bond acceptors (Lipinski definition) is 1. The SMILES string of the molecule is C#C/C=C\C1C2=CC(c3ccc4c(c3)c3ccccc3n4C3=CC(c4ccccc4)=CCC3)CC=C2N(c2ccccc2)C1C. The van der Waals surface area contributed by atoms with Crippen LogP contribution in [0.4, 0.5) is 5.69 Å². The first-order chi connectivity index (χ1) is 22.2. The summed E-state index contributed by atoms with van der Waals surface area (Å²) in [7, 11) is 0. The van der Waals surface area contributed by atoms with E-state index < -0.39 is 0 Å². The predicted molar refractivity (Wildman–Crippen MR) is 191 cm³/mol. The van der Waals surface area contributed by atoms with Crippen LogP contribution in [0.3, 0.4) is 0 Å². The van der Waals surface area contributed by atoms with Crippen molar-refractivity contribution in [2.75, 3.05) is 4.90 Å². The number of nitrogens with zero attached hydrogens (tertiary/aromatic N) is 2. The van der Waals surface area contributed by atoms with E-state index in [1.165, 1.54) is 61.2 Å². The lowest BCUT2D eigenvalue weighted by Crippen LogP contribution is -2.28. The maximum Gasteiger partial charge on any atom is 0.0538 e. The standard InChI is InChI=1S/C43H36N2/c1-3-4-20-37-30(2)44(35-17-9-6-10-18-35)42-25-23-33(28-39(37)42)34-24-26-43-40(29-34)38-21-11-12-22-41(38)45(43)36-19-13-16-32(27-36)31-14-7-5-8-15-31/h1,4-12,14-18,20-22,24-30,33,37H,13,19,23H2,2H3/b20-4-. The summed E-state index contributed by atoms with van der Waals surface area (Å²) in [4.78, 5) is 2.49. The quantitative estimate of drug-likeness (QED) is 0.188. The maximum absolute atomic E-state index is 5.68. The smallest absolute Gasteiger partial charge is 0.0538 e. The van der Waals surface area contributed by atoms with Gasteiger partial charge in [-0.15, -0.1) is 6.42 Å². The van der Waals surface area contributed by atoms with Crippen molar-refractivity contribution in [3.05, 3.63) is 162 Å². The van der Waals surface area contributed by atoms with E-state index in [-0.39, 0.29) is 12.0 Å². The zero-order chi connectivity index (χ0) is 30.3. The molecule has 1 fully saturated rings. The molecule has 2 aliphatic carbocycles. The van der Waals surface area contributed by atoms with Gasteiger partial charge in [-0.3, -0.25) is 0 Å². The van der Waals surface area contributed by atoms with E-state index in [0.29, 0.717) is 5.92 Å². The minimum Gasteiger partial charge on any atom is -0.338 e. The van der Waals surface area contributed by atoms with Crippen LogP contribution in [0.5, 0.6) is 0 Å². The van der Waals surface area contributed by atoms with Gasteiger partial charge < -0.3 is 9.47 Å². The number of fused-ring (bicyclic) bond motifs is 4. The highest BCUT2D eigenvalue weighted by Gasteiger charge is 2.39. The van der Waals surface area contributed by atoms with Crippen molar-refractivity contribution < 1.29 is 0 Å². The van der Waals surface area contributed by atoms with Gasteiger partial charge in [-0.1, -0.05) is 103 Å². The summed E-state index contributed by atoms with van der Waals surface area (Å²) in [6.07, 6.45) is 22.5. The number of benzene rings is 4. The zero-order valence-corrected chi connectivity index (χ0v) is 25.6. The van der Waals surface area contributed by atoms with Crippen LogP contribution in [-0.4, -0.2) is 10.6 Å². The molecule has 45 heavy (non-hydrogen) atoms. The van der Waals surface area contributed by atoms with Crippen LogP contribution in [-0.2, 0) is 0 Å². The molecule has 1 aliphatic heterocycles. The van der Waals surface area contributed by atoms with Crippen molar-refractivity contribution in [1.29, 1.82) is 0 Å². The van der Waals surface area contributed by atoms with Crippen molar-refractivity contribution in [2.24, 2.45) is 5.92 Å². The highest BCUT2D eigenvalue weighted by atomic mass is 15.2. The molecule has 3 atom stereocenters. The second kappa shape index (κ2) is 11.3. The van der Waals surface area contributed by atoms with Gasteiger partial charge in [-0.2, -0.15) is 0 Å². The molecule has 3 unspecified atom stereocenters. The number of allylic oxidation sites excluding steroid dienone is 8. The molecule has 0 spiro atoms. The molecule has 0 amide bonds. The lowest BCUT2D eigenvalue weighted by molar-refractivity contribution is 0.650. The molecule has 1 aromatic heterocycles. The highest BCUT2D eigenvalue weighted by Crippen LogP contribution is 2.47. The first-order valence-corrected chi connectivity index (χ1v) is 16.1. The van der Waals surface area contributed by atoms with Crippen LogP contribution < -0.4 is 4.90 Å². The van der Waals surface area contributed by atoms with Gasteiger partial charge in [-0.25, -0.2) is 0 Å². The Labute approximate surface area is 266 Å². The highest BCUT2D eigenvalue weighted by molar-refractivity contribution is 6.10. The average molecular weight is 581 g/mol. The molecule has 1 saturated heterocycles. The Morgan fingerprint density at radius 1 is 0.822 bits per heavy atom. The zero-order valence-electron chi connectivity index (χ0n) is 25.6.